The number of hydrogen-bond donors (Lipinski definition) is 1. The Kier molecular flexibility index (Phi) is 7.35. The summed E-state index contributed by atoms with van der Waals surface area (Å²) in [5.74, 6) is -0.801. The summed E-state index contributed by atoms with van der Waals surface area (Å²) in [6.45, 7) is 5.89. The number of amides is 1. The molecule has 0 spiro atoms. The third-order valence-electron chi connectivity index (χ3n) is 7.17. The van der Waals surface area contributed by atoms with Gasteiger partial charge in [0.05, 0.1) is 44.7 Å². The highest BCUT2D eigenvalue weighted by atomic mass is 16.5. The first-order valence-corrected chi connectivity index (χ1v) is 12.7. The number of para-hydroxylation sites is 1. The number of benzene rings is 1. The molecule has 1 aromatic carbocycles. The number of carbonyl (C=O) groups excluding carboxylic acids is 2. The van der Waals surface area contributed by atoms with Gasteiger partial charge in [0.1, 0.15) is 11.3 Å². The Bertz CT molecular complexity index is 1390. The van der Waals surface area contributed by atoms with Crippen molar-refractivity contribution in [1.82, 2.24) is 19.2 Å². The van der Waals surface area contributed by atoms with E-state index < -0.39 is 17.7 Å². The van der Waals surface area contributed by atoms with Crippen molar-refractivity contribution in [3.05, 3.63) is 65.1 Å². The van der Waals surface area contributed by atoms with Crippen molar-refractivity contribution in [3.8, 4) is 11.5 Å². The highest BCUT2D eigenvalue weighted by molar-refractivity contribution is 6.46. The maximum Gasteiger partial charge on any atom is 0.295 e. The van der Waals surface area contributed by atoms with E-state index in [0.29, 0.717) is 60.3 Å². The van der Waals surface area contributed by atoms with Gasteiger partial charge >= 0.3 is 0 Å². The maximum atomic E-state index is 13.6. The predicted octanol–water partition coefficient (Wildman–Crippen LogP) is 2.80. The summed E-state index contributed by atoms with van der Waals surface area (Å²) >= 11 is 0. The highest BCUT2D eigenvalue weighted by Gasteiger charge is 2.47. The van der Waals surface area contributed by atoms with Gasteiger partial charge in [0.15, 0.2) is 17.3 Å². The molecule has 3 aromatic rings. The molecule has 0 bridgehead atoms. The minimum atomic E-state index is -0.863. The van der Waals surface area contributed by atoms with Crippen molar-refractivity contribution in [3.63, 3.8) is 0 Å². The molecule has 38 heavy (non-hydrogen) atoms. The first-order valence-electron chi connectivity index (χ1n) is 12.7. The van der Waals surface area contributed by atoms with Gasteiger partial charge in [0, 0.05) is 37.9 Å². The number of Topliss-reactive ketones (excluding diaryl/α,β-unsaturated/α-hetero) is 1. The van der Waals surface area contributed by atoms with Crippen LogP contribution in [-0.2, 0) is 14.3 Å². The average Bonchev–Trinajstić information content (AvgIpc) is 3.41. The van der Waals surface area contributed by atoms with Gasteiger partial charge in [-0.1, -0.05) is 18.2 Å². The van der Waals surface area contributed by atoms with Crippen LogP contribution in [0.5, 0.6) is 11.5 Å². The van der Waals surface area contributed by atoms with Crippen molar-refractivity contribution in [2.24, 2.45) is 0 Å². The van der Waals surface area contributed by atoms with E-state index in [0.717, 1.165) is 19.6 Å². The third-order valence-corrected chi connectivity index (χ3v) is 7.17. The minimum absolute atomic E-state index is 0.00155. The lowest BCUT2D eigenvalue weighted by Crippen LogP contribution is -2.39. The zero-order valence-corrected chi connectivity index (χ0v) is 21.8. The zero-order valence-electron chi connectivity index (χ0n) is 21.8. The number of carbonyl (C=O) groups is 2. The molecular formula is C28H32N4O6. The zero-order chi connectivity index (χ0) is 26.8. The van der Waals surface area contributed by atoms with E-state index in [1.807, 2.05) is 18.2 Å². The first kappa shape index (κ1) is 25.7. The van der Waals surface area contributed by atoms with Crippen LogP contribution in [0.15, 0.2) is 48.2 Å². The number of morpholine rings is 1. The first-order chi connectivity index (χ1) is 18.5. The number of methoxy groups -OCH3 is 2. The molecule has 5 rings (SSSR count). The summed E-state index contributed by atoms with van der Waals surface area (Å²) in [6.07, 6.45) is 2.43. The Hall–Kier alpha value is -3.89. The summed E-state index contributed by atoms with van der Waals surface area (Å²) in [5, 5.41) is 11.7. The van der Waals surface area contributed by atoms with Crippen LogP contribution >= 0.6 is 0 Å². The number of hydrogen-bond acceptors (Lipinski definition) is 8. The van der Waals surface area contributed by atoms with Crippen molar-refractivity contribution in [1.29, 1.82) is 0 Å². The lowest BCUT2D eigenvalue weighted by Gasteiger charge is -2.29. The van der Waals surface area contributed by atoms with Gasteiger partial charge in [-0.15, -0.1) is 0 Å². The van der Waals surface area contributed by atoms with Gasteiger partial charge in [-0.05, 0) is 31.5 Å². The molecular weight excluding hydrogens is 488 g/mol. The Morgan fingerprint density at radius 3 is 2.61 bits per heavy atom. The molecule has 1 unspecified atom stereocenters. The molecule has 2 fully saturated rings. The standard InChI is InChI=1S/C28H32N4O6/c1-18-23(31-12-5-4-10-21(31)29-18)25(33)22-24(19-8-6-9-20(36-2)27(19)37-3)32(28(35)26(22)34)13-7-11-30-14-16-38-17-15-30/h4-6,8-10,12,24,33H,7,11,13-17H2,1-3H3/b25-22+. The number of aryl methyl sites for hydroxylation is 1. The van der Waals surface area contributed by atoms with E-state index in [-0.39, 0.29) is 11.3 Å². The maximum absolute atomic E-state index is 13.6. The molecule has 1 atom stereocenters. The van der Waals surface area contributed by atoms with Gasteiger partial charge in [-0.2, -0.15) is 0 Å². The molecule has 2 aromatic heterocycles. The summed E-state index contributed by atoms with van der Waals surface area (Å²) in [5.41, 5.74) is 2.11. The number of aliphatic hydroxyl groups is 1. The minimum Gasteiger partial charge on any atom is -0.505 e. The molecule has 2 aliphatic rings. The number of aliphatic hydroxyl groups excluding tert-OH is 1. The van der Waals surface area contributed by atoms with Gasteiger partial charge in [0.2, 0.25) is 0 Å². The Balaban J connectivity index is 1.61. The molecule has 200 valence electrons. The number of aromatic nitrogens is 2. The van der Waals surface area contributed by atoms with Crippen LogP contribution in [0, 0.1) is 6.92 Å². The Labute approximate surface area is 221 Å². The molecule has 0 saturated carbocycles. The molecule has 0 aliphatic carbocycles. The SMILES string of the molecule is COc1cccc(C2/C(=C(\O)c3c(C)nc4ccccn34)C(=O)C(=O)N2CCCN2CCOCC2)c1OC. The number of likely N-dealkylation sites (tertiary alicyclic amines) is 1. The van der Waals surface area contributed by atoms with E-state index in [4.69, 9.17) is 14.2 Å². The molecule has 1 amide bonds. The molecule has 4 heterocycles. The van der Waals surface area contributed by atoms with Crippen LogP contribution in [0.1, 0.15) is 29.4 Å². The number of pyridine rings is 1. The van der Waals surface area contributed by atoms with Crippen molar-refractivity contribution in [2.75, 3.05) is 53.6 Å². The number of imidazole rings is 1. The quantitative estimate of drug-likeness (QED) is 0.275. The Morgan fingerprint density at radius 2 is 1.87 bits per heavy atom. The molecule has 2 aliphatic heterocycles. The van der Waals surface area contributed by atoms with Crippen LogP contribution in [0.25, 0.3) is 11.4 Å². The van der Waals surface area contributed by atoms with Crippen LogP contribution in [0.3, 0.4) is 0 Å². The largest absolute Gasteiger partial charge is 0.505 e. The summed E-state index contributed by atoms with van der Waals surface area (Å²) in [7, 11) is 3.04. The summed E-state index contributed by atoms with van der Waals surface area (Å²) in [4.78, 5) is 35.4. The van der Waals surface area contributed by atoms with Gasteiger partial charge in [-0.3, -0.25) is 18.9 Å². The van der Waals surface area contributed by atoms with Gasteiger partial charge in [-0.25, -0.2) is 4.98 Å². The lowest BCUT2D eigenvalue weighted by molar-refractivity contribution is -0.140. The van der Waals surface area contributed by atoms with Gasteiger partial charge in [0.25, 0.3) is 11.7 Å². The van der Waals surface area contributed by atoms with Gasteiger partial charge < -0.3 is 24.2 Å². The van der Waals surface area contributed by atoms with Crippen molar-refractivity contribution < 1.29 is 28.9 Å². The summed E-state index contributed by atoms with van der Waals surface area (Å²) < 4.78 is 18.3. The summed E-state index contributed by atoms with van der Waals surface area (Å²) in [6, 6.07) is 9.94. The third kappa shape index (κ3) is 4.50. The smallest absolute Gasteiger partial charge is 0.295 e. The second-order valence-corrected chi connectivity index (χ2v) is 9.36. The Morgan fingerprint density at radius 1 is 1.08 bits per heavy atom. The lowest BCUT2D eigenvalue weighted by atomic mass is 9.95. The van der Waals surface area contributed by atoms with E-state index in [9.17, 15) is 14.7 Å². The monoisotopic (exact) mass is 520 g/mol. The van der Waals surface area contributed by atoms with Crippen LogP contribution in [0.4, 0.5) is 0 Å². The topological polar surface area (TPSA) is 106 Å². The molecule has 1 N–H and O–H groups in total. The molecule has 10 nitrogen and oxygen atoms in total. The second kappa shape index (κ2) is 10.8. The van der Waals surface area contributed by atoms with Crippen molar-refractivity contribution in [2.45, 2.75) is 19.4 Å². The van der Waals surface area contributed by atoms with E-state index in [1.165, 1.54) is 19.1 Å². The number of ether oxygens (including phenoxy) is 3. The second-order valence-electron chi connectivity index (χ2n) is 9.36. The van der Waals surface area contributed by atoms with Crippen LogP contribution in [0.2, 0.25) is 0 Å². The number of rotatable bonds is 8. The van der Waals surface area contributed by atoms with E-state index in [2.05, 4.69) is 9.88 Å². The normalized spacial score (nSPS) is 19.9. The molecule has 0 radical (unpaired) electrons. The molecule has 2 saturated heterocycles. The van der Waals surface area contributed by atoms with E-state index >= 15 is 0 Å². The average molecular weight is 521 g/mol. The van der Waals surface area contributed by atoms with Crippen LogP contribution in [-0.4, -0.2) is 89.6 Å². The molecule has 10 heteroatoms. The van der Waals surface area contributed by atoms with E-state index in [1.54, 1.807) is 35.7 Å². The van der Waals surface area contributed by atoms with Crippen molar-refractivity contribution >= 4 is 23.1 Å². The fourth-order valence-electron chi connectivity index (χ4n) is 5.38. The number of nitrogens with zero attached hydrogens (tertiary/aromatic N) is 4. The van der Waals surface area contributed by atoms with Crippen LogP contribution < -0.4 is 9.47 Å². The fourth-order valence-corrected chi connectivity index (χ4v) is 5.38. The fraction of sp³-hybridized carbons (Fsp3) is 0.393. The highest BCUT2D eigenvalue weighted by Crippen LogP contribution is 2.45. The predicted molar refractivity (Wildman–Crippen MR) is 140 cm³/mol. The number of ketones is 1. The number of fused-ring (bicyclic) bond motifs is 1.